The maximum atomic E-state index is 2.36. The fraction of sp³-hybridized carbons (Fsp3) is 0.130. The average molecular weight is 343 g/mol. The Morgan fingerprint density at radius 3 is 1.96 bits per heavy atom. The first-order valence-electron chi connectivity index (χ1n) is 8.67. The van der Waals surface area contributed by atoms with Crippen LogP contribution in [0.1, 0.15) is 16.4 Å². The molecule has 0 saturated carbocycles. The molecule has 0 saturated heterocycles. The molecule has 0 bridgehead atoms. The average Bonchev–Trinajstić information content (AvgIpc) is 3.10. The predicted octanol–water partition coefficient (Wildman–Crippen LogP) is 6.16. The van der Waals surface area contributed by atoms with Crippen LogP contribution in [0.25, 0.3) is 10.9 Å². The van der Waals surface area contributed by atoms with Gasteiger partial charge in [0.15, 0.2) is 0 Å². The molecule has 1 heterocycles. The van der Waals surface area contributed by atoms with Crippen molar-refractivity contribution < 1.29 is 0 Å². The predicted molar refractivity (Wildman–Crippen MR) is 109 cm³/mol. The summed E-state index contributed by atoms with van der Waals surface area (Å²) >= 11 is 2.01. The molecule has 1 nitrogen and oxygen atoms in total. The number of rotatable bonds is 6. The van der Waals surface area contributed by atoms with Crippen LogP contribution in [0.4, 0.5) is 0 Å². The largest absolute Gasteiger partial charge is 0.347 e. The first-order valence-corrected chi connectivity index (χ1v) is 9.72. The lowest BCUT2D eigenvalue weighted by Gasteiger charge is -2.18. The lowest BCUT2D eigenvalue weighted by Crippen LogP contribution is -2.03. The summed E-state index contributed by atoms with van der Waals surface area (Å²) < 4.78 is 2.36. The van der Waals surface area contributed by atoms with Gasteiger partial charge in [0, 0.05) is 24.0 Å². The Labute approximate surface area is 153 Å². The normalized spacial score (nSPS) is 11.2. The van der Waals surface area contributed by atoms with Crippen LogP contribution in [0.15, 0.2) is 97.2 Å². The summed E-state index contributed by atoms with van der Waals surface area (Å²) in [4.78, 5) is 0. The van der Waals surface area contributed by atoms with E-state index < -0.39 is 0 Å². The molecule has 0 fully saturated rings. The molecule has 0 unspecified atom stereocenters. The van der Waals surface area contributed by atoms with Crippen molar-refractivity contribution in [3.63, 3.8) is 0 Å². The molecule has 124 valence electrons. The molecule has 25 heavy (non-hydrogen) atoms. The Balaban J connectivity index is 1.51. The second-order valence-corrected chi connectivity index (χ2v) is 7.35. The number of hydrogen-bond donors (Lipinski definition) is 0. The zero-order valence-electron chi connectivity index (χ0n) is 14.1. The molecule has 2 heteroatoms. The van der Waals surface area contributed by atoms with Crippen molar-refractivity contribution in [3.8, 4) is 0 Å². The summed E-state index contributed by atoms with van der Waals surface area (Å²) in [5, 5.41) is 1.69. The van der Waals surface area contributed by atoms with Gasteiger partial charge < -0.3 is 4.57 Å². The SMILES string of the molecule is c1ccc(C(SCCn2ccc3ccccc32)c2ccccc2)cc1. The van der Waals surface area contributed by atoms with Crippen LogP contribution in [-0.2, 0) is 6.54 Å². The van der Waals surface area contributed by atoms with Gasteiger partial charge in [-0.05, 0) is 28.6 Å². The zero-order valence-corrected chi connectivity index (χ0v) is 14.9. The van der Waals surface area contributed by atoms with E-state index in [2.05, 4.69) is 102 Å². The van der Waals surface area contributed by atoms with E-state index in [-0.39, 0.29) is 0 Å². The summed E-state index contributed by atoms with van der Waals surface area (Å²) in [5.74, 6) is 1.08. The Morgan fingerprint density at radius 1 is 0.680 bits per heavy atom. The fourth-order valence-corrected chi connectivity index (χ4v) is 4.48. The molecule has 0 spiro atoms. The lowest BCUT2D eigenvalue weighted by molar-refractivity contribution is 0.806. The van der Waals surface area contributed by atoms with Gasteiger partial charge in [-0.1, -0.05) is 78.9 Å². The third-order valence-corrected chi connectivity index (χ3v) is 5.80. The minimum Gasteiger partial charge on any atom is -0.347 e. The topological polar surface area (TPSA) is 4.93 Å². The summed E-state index contributed by atoms with van der Waals surface area (Å²) in [6, 6.07) is 32.4. The van der Waals surface area contributed by atoms with E-state index in [4.69, 9.17) is 0 Å². The number of hydrogen-bond acceptors (Lipinski definition) is 1. The Kier molecular flexibility index (Phi) is 4.89. The highest BCUT2D eigenvalue weighted by atomic mass is 32.2. The molecule has 0 amide bonds. The summed E-state index contributed by atoms with van der Waals surface area (Å²) in [7, 11) is 0. The molecule has 0 atom stereocenters. The van der Waals surface area contributed by atoms with Gasteiger partial charge in [-0.25, -0.2) is 0 Å². The lowest BCUT2D eigenvalue weighted by atomic mass is 10.0. The van der Waals surface area contributed by atoms with Crippen LogP contribution < -0.4 is 0 Å². The molecule has 4 aromatic rings. The zero-order chi connectivity index (χ0) is 16.9. The van der Waals surface area contributed by atoms with Crippen LogP contribution >= 0.6 is 11.8 Å². The maximum absolute atomic E-state index is 2.36. The van der Waals surface area contributed by atoms with E-state index in [9.17, 15) is 0 Å². The first kappa shape index (κ1) is 16.0. The van der Waals surface area contributed by atoms with Crippen molar-refractivity contribution in [2.75, 3.05) is 5.75 Å². The van der Waals surface area contributed by atoms with Gasteiger partial charge in [0.2, 0.25) is 0 Å². The molecule has 3 aromatic carbocycles. The molecule has 0 aliphatic rings. The van der Waals surface area contributed by atoms with E-state index in [1.165, 1.54) is 22.0 Å². The van der Waals surface area contributed by atoms with Crippen molar-refractivity contribution in [2.24, 2.45) is 0 Å². The minimum absolute atomic E-state index is 0.379. The molecule has 0 radical (unpaired) electrons. The number of thioether (sulfide) groups is 1. The van der Waals surface area contributed by atoms with Crippen molar-refractivity contribution in [1.82, 2.24) is 4.57 Å². The van der Waals surface area contributed by atoms with Gasteiger partial charge in [0.1, 0.15) is 0 Å². The van der Waals surface area contributed by atoms with Crippen LogP contribution in [0.3, 0.4) is 0 Å². The number of benzene rings is 3. The summed E-state index contributed by atoms with van der Waals surface area (Å²) in [6.45, 7) is 1.02. The number of aryl methyl sites for hydroxylation is 1. The van der Waals surface area contributed by atoms with Crippen LogP contribution in [0, 0.1) is 0 Å². The number of nitrogens with zero attached hydrogens (tertiary/aromatic N) is 1. The van der Waals surface area contributed by atoms with Crippen LogP contribution in [0.2, 0.25) is 0 Å². The fourth-order valence-electron chi connectivity index (χ4n) is 3.25. The highest BCUT2D eigenvalue weighted by Crippen LogP contribution is 2.35. The van der Waals surface area contributed by atoms with Gasteiger partial charge in [0.05, 0.1) is 5.25 Å². The molecule has 0 aliphatic heterocycles. The number of aromatic nitrogens is 1. The van der Waals surface area contributed by atoms with E-state index in [1.54, 1.807) is 0 Å². The molecule has 0 aliphatic carbocycles. The second kappa shape index (κ2) is 7.62. The van der Waals surface area contributed by atoms with Gasteiger partial charge >= 0.3 is 0 Å². The summed E-state index contributed by atoms with van der Waals surface area (Å²) in [5.41, 5.74) is 4.06. The van der Waals surface area contributed by atoms with Crippen LogP contribution in [0.5, 0.6) is 0 Å². The summed E-state index contributed by atoms with van der Waals surface area (Å²) in [6.07, 6.45) is 2.20. The Morgan fingerprint density at radius 2 is 1.28 bits per heavy atom. The minimum atomic E-state index is 0.379. The monoisotopic (exact) mass is 343 g/mol. The highest BCUT2D eigenvalue weighted by molar-refractivity contribution is 7.99. The number of para-hydroxylation sites is 1. The maximum Gasteiger partial charge on any atom is 0.0547 e. The van der Waals surface area contributed by atoms with Crippen LogP contribution in [-0.4, -0.2) is 10.3 Å². The third-order valence-electron chi connectivity index (χ3n) is 4.50. The van der Waals surface area contributed by atoms with Crippen molar-refractivity contribution in [3.05, 3.63) is 108 Å². The van der Waals surface area contributed by atoms with E-state index in [1.807, 2.05) is 11.8 Å². The molecule has 1 aromatic heterocycles. The third kappa shape index (κ3) is 3.64. The molecular weight excluding hydrogens is 322 g/mol. The number of fused-ring (bicyclic) bond motifs is 1. The van der Waals surface area contributed by atoms with Gasteiger partial charge in [0.25, 0.3) is 0 Å². The van der Waals surface area contributed by atoms with E-state index in [0.29, 0.717) is 5.25 Å². The standard InChI is InChI=1S/C23H21NS/c1-3-10-20(11-4-1)23(21-12-5-2-6-13-21)25-18-17-24-16-15-19-9-7-8-14-22(19)24/h1-16,23H,17-18H2. The first-order chi connectivity index (χ1) is 12.4. The second-order valence-electron chi connectivity index (χ2n) is 6.14. The van der Waals surface area contributed by atoms with E-state index in [0.717, 1.165) is 12.3 Å². The molecule has 4 rings (SSSR count). The quantitative estimate of drug-likeness (QED) is 0.405. The smallest absolute Gasteiger partial charge is 0.0547 e. The van der Waals surface area contributed by atoms with Gasteiger partial charge in [-0.3, -0.25) is 0 Å². The van der Waals surface area contributed by atoms with Crippen molar-refractivity contribution in [1.29, 1.82) is 0 Å². The molecule has 0 N–H and O–H groups in total. The van der Waals surface area contributed by atoms with Crippen molar-refractivity contribution >= 4 is 22.7 Å². The van der Waals surface area contributed by atoms with Gasteiger partial charge in [-0.15, -0.1) is 11.8 Å². The highest BCUT2D eigenvalue weighted by Gasteiger charge is 2.14. The Hall–Kier alpha value is -2.45. The van der Waals surface area contributed by atoms with Crippen molar-refractivity contribution in [2.45, 2.75) is 11.8 Å². The van der Waals surface area contributed by atoms with E-state index >= 15 is 0 Å². The van der Waals surface area contributed by atoms with Gasteiger partial charge in [-0.2, -0.15) is 0 Å². The molecular formula is C23H21NS. The Bertz CT molecular complexity index is 888.